The van der Waals surface area contributed by atoms with Crippen LogP contribution in [0.25, 0.3) is 0 Å². The highest BCUT2D eigenvalue weighted by molar-refractivity contribution is 4.75. The molecular weight excluding hydrogens is 200 g/mol. The Hall–Kier alpha value is -0.0800. The van der Waals surface area contributed by atoms with Gasteiger partial charge in [0.05, 0.1) is 25.4 Å². The molecule has 16 heavy (non-hydrogen) atoms. The molecule has 98 valence electrons. The minimum atomic E-state index is 0.222. The molecule has 2 fully saturated rings. The van der Waals surface area contributed by atoms with Crippen molar-refractivity contribution in [3.05, 3.63) is 0 Å². The van der Waals surface area contributed by atoms with E-state index in [0.29, 0.717) is 5.41 Å². The Bertz CT molecular complexity index is 150. The van der Waals surface area contributed by atoms with E-state index in [1.807, 2.05) is 0 Å². The molecule has 0 atom stereocenters. The van der Waals surface area contributed by atoms with E-state index in [4.69, 9.17) is 9.47 Å². The molecular formula is C14H30O2. The van der Waals surface area contributed by atoms with Crippen LogP contribution in [0.3, 0.4) is 0 Å². The summed E-state index contributed by atoms with van der Waals surface area (Å²) in [7, 11) is 0. The van der Waals surface area contributed by atoms with Crippen molar-refractivity contribution in [1.29, 1.82) is 0 Å². The summed E-state index contributed by atoms with van der Waals surface area (Å²) in [4.78, 5) is 0. The summed E-state index contributed by atoms with van der Waals surface area (Å²) < 4.78 is 10.1. The van der Waals surface area contributed by atoms with Crippen molar-refractivity contribution in [2.75, 3.05) is 19.8 Å². The molecule has 0 spiro atoms. The first-order valence-corrected chi connectivity index (χ1v) is 6.36. The predicted molar refractivity (Wildman–Crippen MR) is 69.8 cm³/mol. The van der Waals surface area contributed by atoms with Gasteiger partial charge in [-0.25, -0.2) is 0 Å². The van der Waals surface area contributed by atoms with Crippen molar-refractivity contribution >= 4 is 0 Å². The standard InChI is InChI=1S/2C5H10O.C4H10/c1-5(2)3-6-4-5;1-5(2)3-4-6-5;1-4(2)3/h2*3-4H2,1-2H3;4H,1-3H3. The lowest BCUT2D eigenvalue weighted by molar-refractivity contribution is -0.120. The van der Waals surface area contributed by atoms with E-state index in [-0.39, 0.29) is 5.60 Å². The Morgan fingerprint density at radius 3 is 1.19 bits per heavy atom. The Morgan fingerprint density at radius 2 is 1.19 bits per heavy atom. The first kappa shape index (κ1) is 15.9. The Balaban J connectivity index is 0.000000217. The van der Waals surface area contributed by atoms with Gasteiger partial charge in [0.15, 0.2) is 0 Å². The monoisotopic (exact) mass is 230 g/mol. The second kappa shape index (κ2) is 6.61. The van der Waals surface area contributed by atoms with Crippen LogP contribution in [0.5, 0.6) is 0 Å². The maximum Gasteiger partial charge on any atom is 0.0648 e. The summed E-state index contributed by atoms with van der Waals surface area (Å²) in [6.07, 6.45) is 1.23. The third kappa shape index (κ3) is 9.17. The van der Waals surface area contributed by atoms with E-state index >= 15 is 0 Å². The maximum atomic E-state index is 5.12. The Morgan fingerprint density at radius 1 is 0.938 bits per heavy atom. The van der Waals surface area contributed by atoms with Gasteiger partial charge in [0.25, 0.3) is 0 Å². The average molecular weight is 230 g/mol. The molecule has 0 amide bonds. The molecule has 0 aromatic rings. The van der Waals surface area contributed by atoms with E-state index in [2.05, 4.69) is 48.5 Å². The molecule has 2 saturated heterocycles. The van der Waals surface area contributed by atoms with Crippen molar-refractivity contribution in [1.82, 2.24) is 0 Å². The molecule has 0 unspecified atom stereocenters. The van der Waals surface area contributed by atoms with Crippen molar-refractivity contribution in [3.63, 3.8) is 0 Å². The van der Waals surface area contributed by atoms with Crippen molar-refractivity contribution in [3.8, 4) is 0 Å². The fourth-order valence-corrected chi connectivity index (χ4v) is 1.02. The number of rotatable bonds is 0. The molecule has 0 N–H and O–H groups in total. The van der Waals surface area contributed by atoms with Gasteiger partial charge in [0.1, 0.15) is 0 Å². The lowest BCUT2D eigenvalue weighted by atomic mass is 9.92. The third-order valence-electron chi connectivity index (χ3n) is 2.18. The second-order valence-corrected chi connectivity index (χ2v) is 6.75. The van der Waals surface area contributed by atoms with Gasteiger partial charge in [-0.05, 0) is 26.2 Å². The first-order chi connectivity index (χ1) is 7.15. The van der Waals surface area contributed by atoms with Crippen LogP contribution in [0.2, 0.25) is 0 Å². The van der Waals surface area contributed by atoms with Gasteiger partial charge in [0.2, 0.25) is 0 Å². The van der Waals surface area contributed by atoms with Gasteiger partial charge >= 0.3 is 0 Å². The van der Waals surface area contributed by atoms with Gasteiger partial charge < -0.3 is 9.47 Å². The Labute approximate surface area is 102 Å². The number of ether oxygens (including phenoxy) is 2. The van der Waals surface area contributed by atoms with Gasteiger partial charge in [-0.3, -0.25) is 0 Å². The molecule has 2 heterocycles. The molecule has 0 aliphatic carbocycles. The quantitative estimate of drug-likeness (QED) is 0.628. The third-order valence-corrected chi connectivity index (χ3v) is 2.18. The fourth-order valence-electron chi connectivity index (χ4n) is 1.02. The van der Waals surface area contributed by atoms with E-state index in [9.17, 15) is 0 Å². The highest BCUT2D eigenvalue weighted by Crippen LogP contribution is 2.24. The minimum Gasteiger partial charge on any atom is -0.380 e. The van der Waals surface area contributed by atoms with E-state index in [1.165, 1.54) is 6.42 Å². The molecule has 2 aliphatic heterocycles. The number of hydrogen-bond acceptors (Lipinski definition) is 2. The van der Waals surface area contributed by atoms with Crippen LogP contribution < -0.4 is 0 Å². The van der Waals surface area contributed by atoms with E-state index in [1.54, 1.807) is 0 Å². The molecule has 0 saturated carbocycles. The van der Waals surface area contributed by atoms with E-state index < -0.39 is 0 Å². The molecule has 2 heteroatoms. The van der Waals surface area contributed by atoms with Crippen LogP contribution in [-0.2, 0) is 9.47 Å². The summed E-state index contributed by atoms with van der Waals surface area (Å²) in [5, 5.41) is 0. The smallest absolute Gasteiger partial charge is 0.0648 e. The van der Waals surface area contributed by atoms with Crippen molar-refractivity contribution in [2.45, 2.75) is 60.5 Å². The number of hydrogen-bond donors (Lipinski definition) is 0. The highest BCUT2D eigenvalue weighted by Gasteiger charge is 2.26. The summed E-state index contributed by atoms with van der Waals surface area (Å²) in [6.45, 7) is 18.0. The van der Waals surface area contributed by atoms with Crippen LogP contribution in [0.15, 0.2) is 0 Å². The normalized spacial score (nSPS) is 24.0. The molecule has 2 rings (SSSR count). The lowest BCUT2D eigenvalue weighted by Gasteiger charge is -2.34. The summed E-state index contributed by atoms with van der Waals surface area (Å²) in [6, 6.07) is 0. The summed E-state index contributed by atoms with van der Waals surface area (Å²) in [5.74, 6) is 0.833. The summed E-state index contributed by atoms with van der Waals surface area (Å²) in [5.41, 5.74) is 0.722. The molecule has 2 nitrogen and oxygen atoms in total. The molecule has 0 aromatic heterocycles. The zero-order valence-corrected chi connectivity index (χ0v) is 12.2. The largest absolute Gasteiger partial charge is 0.380 e. The molecule has 0 aromatic carbocycles. The van der Waals surface area contributed by atoms with Crippen LogP contribution in [-0.4, -0.2) is 25.4 Å². The summed E-state index contributed by atoms with van der Waals surface area (Å²) >= 11 is 0. The zero-order chi connectivity index (χ0) is 12.8. The van der Waals surface area contributed by atoms with Crippen LogP contribution in [0.1, 0.15) is 54.9 Å². The Kier molecular flexibility index (Phi) is 6.57. The topological polar surface area (TPSA) is 18.5 Å². The van der Waals surface area contributed by atoms with Crippen molar-refractivity contribution < 1.29 is 9.47 Å². The maximum absolute atomic E-state index is 5.12. The predicted octanol–water partition coefficient (Wildman–Crippen LogP) is 3.89. The molecule has 2 aliphatic rings. The van der Waals surface area contributed by atoms with Gasteiger partial charge in [-0.1, -0.05) is 34.6 Å². The first-order valence-electron chi connectivity index (χ1n) is 6.36. The van der Waals surface area contributed by atoms with Gasteiger partial charge in [-0.15, -0.1) is 0 Å². The highest BCUT2D eigenvalue weighted by atomic mass is 16.5. The second-order valence-electron chi connectivity index (χ2n) is 6.75. The molecule has 0 bridgehead atoms. The van der Waals surface area contributed by atoms with Crippen LogP contribution >= 0.6 is 0 Å². The van der Waals surface area contributed by atoms with Crippen LogP contribution in [0, 0.1) is 11.3 Å². The SMILES string of the molecule is CC(C)C.CC1(C)CCO1.CC1(C)COC1. The minimum absolute atomic E-state index is 0.222. The average Bonchev–Trinajstić information content (AvgIpc) is 1.99. The van der Waals surface area contributed by atoms with Crippen molar-refractivity contribution in [2.24, 2.45) is 11.3 Å². The lowest BCUT2D eigenvalue weighted by Crippen LogP contribution is -2.36. The fraction of sp³-hybridized carbons (Fsp3) is 1.00. The van der Waals surface area contributed by atoms with Crippen LogP contribution in [0.4, 0.5) is 0 Å². The van der Waals surface area contributed by atoms with Gasteiger partial charge in [-0.2, -0.15) is 0 Å². The zero-order valence-electron chi connectivity index (χ0n) is 12.2. The molecule has 0 radical (unpaired) electrons. The van der Waals surface area contributed by atoms with Gasteiger partial charge in [0, 0.05) is 5.41 Å². The van der Waals surface area contributed by atoms with E-state index in [0.717, 1.165) is 25.7 Å².